The molecule has 4 heteroatoms. The van der Waals surface area contributed by atoms with Crippen molar-refractivity contribution >= 4 is 21.6 Å². The lowest BCUT2D eigenvalue weighted by atomic mass is 10.1. The van der Waals surface area contributed by atoms with Gasteiger partial charge in [0.15, 0.2) is 5.75 Å². The summed E-state index contributed by atoms with van der Waals surface area (Å²) < 4.78 is 6.85. The number of hydrogen-bond acceptors (Lipinski definition) is 3. The van der Waals surface area contributed by atoms with Crippen molar-refractivity contribution < 1.29 is 4.74 Å². The van der Waals surface area contributed by atoms with Crippen molar-refractivity contribution in [2.24, 2.45) is 0 Å². The van der Waals surface area contributed by atoms with E-state index in [9.17, 15) is 0 Å². The first-order valence-electron chi connectivity index (χ1n) is 5.52. The minimum atomic E-state index is 0.453. The van der Waals surface area contributed by atoms with Crippen LogP contribution < -0.4 is 15.0 Å². The van der Waals surface area contributed by atoms with Crippen molar-refractivity contribution in [1.29, 1.82) is 0 Å². The number of nitrogens with zero attached hydrogens (tertiary/aromatic N) is 1. The number of hydrogen-bond donors (Lipinski definition) is 1. The molecule has 0 fully saturated rings. The molecule has 1 aliphatic heterocycles. The van der Waals surface area contributed by atoms with Gasteiger partial charge in [-0.05, 0) is 48.1 Å². The van der Waals surface area contributed by atoms with Crippen LogP contribution in [0.2, 0.25) is 0 Å². The third-order valence-electron chi connectivity index (χ3n) is 3.02. The van der Waals surface area contributed by atoms with Crippen LogP contribution in [0.3, 0.4) is 0 Å². The standard InChI is InChI=1S/C12H17BrN2O/c1-14-7-6-9-8-16-12-10(13)4-3-5-11(12)15(9)2/h3-5,9,14H,6-8H2,1-2H3. The summed E-state index contributed by atoms with van der Waals surface area (Å²) in [5.74, 6) is 0.964. The summed E-state index contributed by atoms with van der Waals surface area (Å²) in [6.07, 6.45) is 1.10. The highest BCUT2D eigenvalue weighted by molar-refractivity contribution is 9.10. The Kier molecular flexibility index (Phi) is 3.71. The molecule has 0 aromatic heterocycles. The van der Waals surface area contributed by atoms with Crippen LogP contribution >= 0.6 is 15.9 Å². The van der Waals surface area contributed by atoms with Crippen LogP contribution in [0.15, 0.2) is 22.7 Å². The summed E-state index contributed by atoms with van der Waals surface area (Å²) in [7, 11) is 4.11. The Morgan fingerprint density at radius 1 is 1.56 bits per heavy atom. The number of fused-ring (bicyclic) bond motifs is 1. The average Bonchev–Trinajstić information content (AvgIpc) is 2.29. The van der Waals surface area contributed by atoms with Crippen molar-refractivity contribution in [3.63, 3.8) is 0 Å². The number of ether oxygens (including phenoxy) is 1. The lowest BCUT2D eigenvalue weighted by molar-refractivity contribution is 0.258. The van der Waals surface area contributed by atoms with E-state index in [0.29, 0.717) is 6.04 Å². The fraction of sp³-hybridized carbons (Fsp3) is 0.500. The van der Waals surface area contributed by atoms with Gasteiger partial charge in [0.1, 0.15) is 6.61 Å². The van der Waals surface area contributed by atoms with Crippen molar-refractivity contribution in [3.05, 3.63) is 22.7 Å². The van der Waals surface area contributed by atoms with Gasteiger partial charge in [-0.3, -0.25) is 0 Å². The molecule has 0 aliphatic carbocycles. The number of rotatable bonds is 3. The second-order valence-corrected chi connectivity index (χ2v) is 4.91. The van der Waals surface area contributed by atoms with Gasteiger partial charge in [-0.15, -0.1) is 0 Å². The second kappa shape index (κ2) is 5.06. The summed E-state index contributed by atoms with van der Waals surface area (Å²) >= 11 is 3.52. The first-order valence-corrected chi connectivity index (χ1v) is 6.32. The Morgan fingerprint density at radius 2 is 2.38 bits per heavy atom. The van der Waals surface area contributed by atoms with Gasteiger partial charge in [0, 0.05) is 7.05 Å². The Balaban J connectivity index is 2.18. The van der Waals surface area contributed by atoms with E-state index in [4.69, 9.17) is 4.74 Å². The van der Waals surface area contributed by atoms with E-state index in [1.54, 1.807) is 0 Å². The molecule has 0 spiro atoms. The molecule has 1 atom stereocenters. The Hall–Kier alpha value is -0.740. The van der Waals surface area contributed by atoms with Gasteiger partial charge in [-0.1, -0.05) is 6.07 Å². The van der Waals surface area contributed by atoms with Crippen LogP contribution in [-0.2, 0) is 0 Å². The molecular weight excluding hydrogens is 268 g/mol. The zero-order valence-electron chi connectivity index (χ0n) is 9.66. The molecule has 1 aliphatic rings. The van der Waals surface area contributed by atoms with Crippen molar-refractivity contribution in [2.75, 3.05) is 32.1 Å². The van der Waals surface area contributed by atoms with E-state index in [1.807, 2.05) is 19.2 Å². The van der Waals surface area contributed by atoms with Crippen LogP contribution in [0.5, 0.6) is 5.75 Å². The number of para-hydroxylation sites is 1. The monoisotopic (exact) mass is 284 g/mol. The third-order valence-corrected chi connectivity index (χ3v) is 3.65. The smallest absolute Gasteiger partial charge is 0.156 e. The second-order valence-electron chi connectivity index (χ2n) is 4.06. The van der Waals surface area contributed by atoms with Crippen molar-refractivity contribution in [1.82, 2.24) is 5.32 Å². The van der Waals surface area contributed by atoms with Crippen LogP contribution in [0.25, 0.3) is 0 Å². The molecule has 2 rings (SSSR count). The Morgan fingerprint density at radius 3 is 3.12 bits per heavy atom. The molecule has 3 nitrogen and oxygen atoms in total. The van der Waals surface area contributed by atoms with Gasteiger partial charge in [-0.25, -0.2) is 0 Å². The van der Waals surface area contributed by atoms with E-state index in [0.717, 1.165) is 29.8 Å². The van der Waals surface area contributed by atoms with Crippen LogP contribution in [0.1, 0.15) is 6.42 Å². The molecule has 1 unspecified atom stereocenters. The normalized spacial score (nSPS) is 19.2. The molecule has 0 bridgehead atoms. The molecule has 1 N–H and O–H groups in total. The number of anilines is 1. The fourth-order valence-electron chi connectivity index (χ4n) is 1.99. The largest absolute Gasteiger partial charge is 0.488 e. The predicted octanol–water partition coefficient (Wildman–Crippen LogP) is 2.26. The van der Waals surface area contributed by atoms with Gasteiger partial charge < -0.3 is 15.0 Å². The quantitative estimate of drug-likeness (QED) is 0.922. The first-order chi connectivity index (χ1) is 7.74. The van der Waals surface area contributed by atoms with Crippen LogP contribution in [0, 0.1) is 0 Å². The van der Waals surface area contributed by atoms with Crippen LogP contribution in [-0.4, -0.2) is 33.3 Å². The summed E-state index contributed by atoms with van der Waals surface area (Å²) in [5.41, 5.74) is 1.17. The van der Waals surface area contributed by atoms with E-state index < -0.39 is 0 Å². The summed E-state index contributed by atoms with van der Waals surface area (Å²) in [4.78, 5) is 2.31. The molecule has 0 radical (unpaired) electrons. The molecule has 16 heavy (non-hydrogen) atoms. The zero-order valence-corrected chi connectivity index (χ0v) is 11.3. The summed E-state index contributed by atoms with van der Waals surface area (Å²) in [6, 6.07) is 6.62. The molecule has 0 saturated heterocycles. The van der Waals surface area contributed by atoms with Gasteiger partial charge in [-0.2, -0.15) is 0 Å². The minimum Gasteiger partial charge on any atom is -0.488 e. The maximum absolute atomic E-state index is 5.82. The number of nitrogens with one attached hydrogen (secondary N) is 1. The highest BCUT2D eigenvalue weighted by atomic mass is 79.9. The Labute approximate surface area is 105 Å². The van der Waals surface area contributed by atoms with Crippen molar-refractivity contribution in [3.8, 4) is 5.75 Å². The molecular formula is C12H17BrN2O. The van der Waals surface area contributed by atoms with Gasteiger partial charge >= 0.3 is 0 Å². The molecule has 1 aromatic rings. The SMILES string of the molecule is CNCCC1COc2c(Br)cccc2N1C. The summed E-state index contributed by atoms with van der Waals surface area (Å²) in [6.45, 7) is 1.77. The lowest BCUT2D eigenvalue weighted by Crippen LogP contribution is -2.42. The van der Waals surface area contributed by atoms with E-state index >= 15 is 0 Å². The third kappa shape index (κ3) is 2.18. The average molecular weight is 285 g/mol. The molecule has 0 saturated carbocycles. The van der Waals surface area contributed by atoms with E-state index in [2.05, 4.69) is 39.3 Å². The molecule has 0 amide bonds. The Bertz CT molecular complexity index is 370. The zero-order chi connectivity index (χ0) is 11.5. The summed E-state index contributed by atoms with van der Waals surface area (Å²) in [5, 5.41) is 3.18. The molecule has 1 aromatic carbocycles. The van der Waals surface area contributed by atoms with E-state index in [-0.39, 0.29) is 0 Å². The highest BCUT2D eigenvalue weighted by Gasteiger charge is 2.25. The van der Waals surface area contributed by atoms with Gasteiger partial charge in [0.05, 0.1) is 16.2 Å². The molecule has 1 heterocycles. The number of benzene rings is 1. The lowest BCUT2D eigenvalue weighted by Gasteiger charge is -2.36. The fourth-order valence-corrected chi connectivity index (χ4v) is 2.46. The van der Waals surface area contributed by atoms with E-state index in [1.165, 1.54) is 5.69 Å². The van der Waals surface area contributed by atoms with Crippen molar-refractivity contribution in [2.45, 2.75) is 12.5 Å². The highest BCUT2D eigenvalue weighted by Crippen LogP contribution is 2.39. The van der Waals surface area contributed by atoms with Gasteiger partial charge in [0.2, 0.25) is 0 Å². The maximum Gasteiger partial charge on any atom is 0.156 e. The minimum absolute atomic E-state index is 0.453. The van der Waals surface area contributed by atoms with Gasteiger partial charge in [0.25, 0.3) is 0 Å². The topological polar surface area (TPSA) is 24.5 Å². The maximum atomic E-state index is 5.82. The molecule has 88 valence electrons. The number of halogens is 1. The first kappa shape index (κ1) is 11.7. The van der Waals surface area contributed by atoms with Crippen LogP contribution in [0.4, 0.5) is 5.69 Å². The predicted molar refractivity (Wildman–Crippen MR) is 70.4 cm³/mol. The number of likely N-dealkylation sites (N-methyl/N-ethyl adjacent to an activating group) is 1.